The quantitative estimate of drug-likeness (QED) is 0.735. The first-order valence-corrected chi connectivity index (χ1v) is 8.08. The lowest BCUT2D eigenvalue weighted by molar-refractivity contribution is 0.0322. The summed E-state index contributed by atoms with van der Waals surface area (Å²) in [7, 11) is 0. The van der Waals surface area contributed by atoms with E-state index >= 15 is 0 Å². The van der Waals surface area contributed by atoms with Crippen molar-refractivity contribution in [3.8, 4) is 6.07 Å². The lowest BCUT2D eigenvalue weighted by atomic mass is 9.81. The van der Waals surface area contributed by atoms with Gasteiger partial charge in [0, 0.05) is 29.3 Å². The Hall–Kier alpha value is -2.61. The van der Waals surface area contributed by atoms with Crippen molar-refractivity contribution < 1.29 is 14.3 Å². The lowest BCUT2D eigenvalue weighted by Crippen LogP contribution is -2.37. The van der Waals surface area contributed by atoms with Gasteiger partial charge in [-0.3, -0.25) is 9.69 Å². The Morgan fingerprint density at radius 3 is 2.83 bits per heavy atom. The lowest BCUT2D eigenvalue weighted by Gasteiger charge is -2.31. The minimum atomic E-state index is -0.581. The van der Waals surface area contributed by atoms with E-state index in [4.69, 9.17) is 4.74 Å². The van der Waals surface area contributed by atoms with Gasteiger partial charge in [-0.2, -0.15) is 5.26 Å². The molecule has 24 heavy (non-hydrogen) atoms. The second kappa shape index (κ2) is 4.47. The molecular formula is C19H18N2O3. The summed E-state index contributed by atoms with van der Waals surface area (Å²) in [5, 5.41) is 9.18. The van der Waals surface area contributed by atoms with Crippen LogP contribution in [0.5, 0.6) is 0 Å². The molecule has 1 spiro atoms. The van der Waals surface area contributed by atoms with Gasteiger partial charge in [-0.1, -0.05) is 0 Å². The Balaban J connectivity index is 1.76. The van der Waals surface area contributed by atoms with E-state index in [-0.39, 0.29) is 17.1 Å². The highest BCUT2D eigenvalue weighted by Gasteiger charge is 2.67. The largest absolute Gasteiger partial charge is 0.443 e. The number of carbonyl (C=O) groups excluding carboxylic acids is 2. The molecule has 1 aromatic carbocycles. The van der Waals surface area contributed by atoms with Crippen LogP contribution in [0.1, 0.15) is 48.7 Å². The third-order valence-corrected chi connectivity index (χ3v) is 5.03. The van der Waals surface area contributed by atoms with Crippen molar-refractivity contribution in [1.29, 1.82) is 5.26 Å². The van der Waals surface area contributed by atoms with Crippen LogP contribution in [0.15, 0.2) is 30.0 Å². The van der Waals surface area contributed by atoms with Gasteiger partial charge in [-0.15, -0.1) is 0 Å². The molecule has 3 aliphatic rings. The summed E-state index contributed by atoms with van der Waals surface area (Å²) in [4.78, 5) is 26.6. The molecular weight excluding hydrogens is 304 g/mol. The van der Waals surface area contributed by atoms with Gasteiger partial charge in [-0.05, 0) is 56.9 Å². The van der Waals surface area contributed by atoms with E-state index in [1.165, 1.54) is 0 Å². The number of likely N-dealkylation sites (tertiary alicyclic amines) is 1. The van der Waals surface area contributed by atoms with Gasteiger partial charge in [0.25, 0.3) is 0 Å². The first-order valence-electron chi connectivity index (χ1n) is 8.08. The van der Waals surface area contributed by atoms with Crippen molar-refractivity contribution in [2.24, 2.45) is 5.92 Å². The predicted octanol–water partition coefficient (Wildman–Crippen LogP) is 3.15. The van der Waals surface area contributed by atoms with Gasteiger partial charge in [-0.25, -0.2) is 4.79 Å². The van der Waals surface area contributed by atoms with E-state index in [1.54, 1.807) is 29.2 Å². The zero-order valence-corrected chi connectivity index (χ0v) is 13.9. The minimum Gasteiger partial charge on any atom is -0.443 e. The summed E-state index contributed by atoms with van der Waals surface area (Å²) in [5.41, 5.74) is 1.93. The van der Waals surface area contributed by atoms with Gasteiger partial charge in [0.1, 0.15) is 5.60 Å². The van der Waals surface area contributed by atoms with E-state index in [9.17, 15) is 14.9 Å². The molecule has 1 aromatic rings. The number of nitrogens with zero attached hydrogens (tertiary/aromatic N) is 2. The molecule has 0 radical (unpaired) electrons. The van der Waals surface area contributed by atoms with Crippen molar-refractivity contribution in [3.05, 3.63) is 46.7 Å². The van der Waals surface area contributed by atoms with E-state index < -0.39 is 11.7 Å². The fourth-order valence-electron chi connectivity index (χ4n) is 3.99. The van der Waals surface area contributed by atoms with Crippen LogP contribution in [-0.2, 0) is 10.2 Å². The third kappa shape index (κ3) is 1.92. The topological polar surface area (TPSA) is 70.4 Å². The maximum absolute atomic E-state index is 12.5. The number of rotatable bonds is 0. The SMILES string of the molecule is CC(C)(C)OC(=O)N1CC2CC23C1=CC(=O)c1ccc(C#N)cc13. The molecule has 1 aliphatic heterocycles. The van der Waals surface area contributed by atoms with Crippen molar-refractivity contribution in [2.75, 3.05) is 6.54 Å². The molecule has 2 fully saturated rings. The van der Waals surface area contributed by atoms with E-state index in [0.29, 0.717) is 17.7 Å². The number of nitriles is 1. The van der Waals surface area contributed by atoms with Crippen LogP contribution < -0.4 is 0 Å². The number of ketones is 1. The summed E-state index contributed by atoms with van der Waals surface area (Å²) < 4.78 is 5.49. The van der Waals surface area contributed by atoms with Crippen LogP contribution >= 0.6 is 0 Å². The number of hydrogen-bond donors (Lipinski definition) is 0. The fraction of sp³-hybridized carbons (Fsp3) is 0.421. The fourth-order valence-corrected chi connectivity index (χ4v) is 3.99. The average molecular weight is 322 g/mol. The van der Waals surface area contributed by atoms with Gasteiger partial charge >= 0.3 is 6.09 Å². The molecule has 4 rings (SSSR count). The molecule has 1 saturated carbocycles. The number of piperidine rings is 1. The first-order chi connectivity index (χ1) is 11.3. The van der Waals surface area contributed by atoms with Crippen molar-refractivity contribution >= 4 is 11.9 Å². The number of fused-ring (bicyclic) bond motifs is 1. The Labute approximate surface area is 140 Å². The maximum Gasteiger partial charge on any atom is 0.414 e. The third-order valence-electron chi connectivity index (χ3n) is 5.03. The Morgan fingerprint density at radius 2 is 2.17 bits per heavy atom. The zero-order valence-electron chi connectivity index (χ0n) is 13.9. The number of allylic oxidation sites excluding steroid dienone is 2. The number of hydrogen-bond acceptors (Lipinski definition) is 4. The molecule has 122 valence electrons. The van der Waals surface area contributed by atoms with Crippen LogP contribution in [0.4, 0.5) is 4.79 Å². The van der Waals surface area contributed by atoms with Crippen molar-refractivity contribution in [2.45, 2.75) is 38.2 Å². The molecule has 2 atom stereocenters. The second-order valence-corrected chi connectivity index (χ2v) is 7.73. The van der Waals surface area contributed by atoms with Crippen LogP contribution in [0, 0.1) is 17.2 Å². The molecule has 2 aliphatic carbocycles. The molecule has 0 aromatic heterocycles. The molecule has 1 amide bonds. The van der Waals surface area contributed by atoms with Gasteiger partial charge in [0.05, 0.1) is 11.6 Å². The first kappa shape index (κ1) is 14.9. The van der Waals surface area contributed by atoms with Crippen LogP contribution in [0.25, 0.3) is 0 Å². The van der Waals surface area contributed by atoms with Crippen LogP contribution in [-0.4, -0.2) is 28.9 Å². The zero-order chi connectivity index (χ0) is 17.3. The van der Waals surface area contributed by atoms with E-state index in [2.05, 4.69) is 6.07 Å². The molecule has 1 saturated heterocycles. The summed E-state index contributed by atoms with van der Waals surface area (Å²) in [6, 6.07) is 7.34. The predicted molar refractivity (Wildman–Crippen MR) is 86.3 cm³/mol. The average Bonchev–Trinajstić information content (AvgIpc) is 3.13. The standard InChI is InChI=1S/C19H18N2O3/c1-18(2,3)24-17(23)21-10-12-8-19(12)14-6-11(9-20)4-5-13(14)15(22)7-16(19)21/h4-7,12H,8,10H2,1-3H3. The summed E-state index contributed by atoms with van der Waals surface area (Å²) in [5.74, 6) is 0.174. The number of carbonyl (C=O) groups is 2. The Morgan fingerprint density at radius 1 is 1.42 bits per heavy atom. The van der Waals surface area contributed by atoms with E-state index in [1.807, 2.05) is 20.8 Å². The number of amides is 1. The highest BCUT2D eigenvalue weighted by atomic mass is 16.6. The molecule has 0 N–H and O–H groups in total. The summed E-state index contributed by atoms with van der Waals surface area (Å²) in [6.07, 6.45) is 2.08. The molecule has 2 unspecified atom stereocenters. The van der Waals surface area contributed by atoms with Gasteiger partial charge in [0.2, 0.25) is 0 Å². The van der Waals surface area contributed by atoms with Crippen LogP contribution in [0.2, 0.25) is 0 Å². The highest BCUT2D eigenvalue weighted by molar-refractivity contribution is 6.09. The maximum atomic E-state index is 12.5. The summed E-state index contributed by atoms with van der Waals surface area (Å²) >= 11 is 0. The van der Waals surface area contributed by atoms with Crippen LogP contribution in [0.3, 0.4) is 0 Å². The molecule has 1 heterocycles. The van der Waals surface area contributed by atoms with Gasteiger partial charge in [0.15, 0.2) is 5.78 Å². The van der Waals surface area contributed by atoms with E-state index in [0.717, 1.165) is 17.7 Å². The van der Waals surface area contributed by atoms with Crippen molar-refractivity contribution in [3.63, 3.8) is 0 Å². The molecule has 5 heteroatoms. The Kier molecular flexibility index (Phi) is 2.79. The minimum absolute atomic E-state index is 0.115. The normalized spacial score (nSPS) is 26.8. The monoisotopic (exact) mass is 322 g/mol. The highest BCUT2D eigenvalue weighted by Crippen LogP contribution is 2.66. The molecule has 5 nitrogen and oxygen atoms in total. The number of ether oxygens (including phenoxy) is 1. The second-order valence-electron chi connectivity index (χ2n) is 7.73. The van der Waals surface area contributed by atoms with Crippen molar-refractivity contribution in [1.82, 2.24) is 4.90 Å². The smallest absolute Gasteiger partial charge is 0.414 e. The summed E-state index contributed by atoms with van der Waals surface area (Å²) in [6.45, 7) is 6.04. The van der Waals surface area contributed by atoms with Gasteiger partial charge < -0.3 is 4.74 Å². The molecule has 0 bridgehead atoms. The Bertz CT molecular complexity index is 856. The number of benzene rings is 1.